The lowest BCUT2D eigenvalue weighted by molar-refractivity contribution is -0.135. The fourth-order valence-electron chi connectivity index (χ4n) is 3.31. The maximum Gasteiger partial charge on any atom is 0.250 e. The molecule has 2 fully saturated rings. The molecular weight excluding hydrogens is 335 g/mol. The lowest BCUT2D eigenvalue weighted by Crippen LogP contribution is -2.65. The number of rotatable bonds is 7. The van der Waals surface area contributed by atoms with E-state index in [4.69, 9.17) is 9.47 Å². The molecule has 0 N–H and O–H groups in total. The number of sulfone groups is 1. The topological polar surface area (TPSA) is 68.7 Å². The van der Waals surface area contributed by atoms with Crippen LogP contribution in [0.4, 0.5) is 4.39 Å². The van der Waals surface area contributed by atoms with Gasteiger partial charge in [-0.25, -0.2) is 17.8 Å². The maximum absolute atomic E-state index is 13.6. The maximum atomic E-state index is 13.6. The molecule has 1 atom stereocenters. The SMILES string of the molecule is CCS(=O)(=O)CCN1CC2(C1)OCC[C@H]2COc1ncccc1F. The fourth-order valence-corrected chi connectivity index (χ4v) is 4.13. The number of hydrogen-bond donors (Lipinski definition) is 0. The number of ether oxygens (including phenoxy) is 2. The van der Waals surface area contributed by atoms with Crippen molar-refractivity contribution in [2.75, 3.05) is 44.4 Å². The first kappa shape index (κ1) is 17.6. The summed E-state index contributed by atoms with van der Waals surface area (Å²) in [6.07, 6.45) is 2.36. The Hall–Kier alpha value is -1.25. The van der Waals surface area contributed by atoms with Gasteiger partial charge in [0.1, 0.15) is 0 Å². The third-order valence-corrected chi connectivity index (χ3v) is 6.57. The molecule has 1 aromatic heterocycles. The van der Waals surface area contributed by atoms with Gasteiger partial charge in [0.25, 0.3) is 0 Å². The van der Waals surface area contributed by atoms with Crippen molar-refractivity contribution in [2.24, 2.45) is 5.92 Å². The summed E-state index contributed by atoms with van der Waals surface area (Å²) in [5.41, 5.74) is -0.290. The summed E-state index contributed by atoms with van der Waals surface area (Å²) in [5, 5.41) is 0. The van der Waals surface area contributed by atoms with Crippen LogP contribution in [0.25, 0.3) is 0 Å². The molecular formula is C16H23FN2O4S. The quantitative estimate of drug-likeness (QED) is 0.728. The number of pyridine rings is 1. The van der Waals surface area contributed by atoms with E-state index in [1.54, 1.807) is 6.92 Å². The van der Waals surface area contributed by atoms with Crippen molar-refractivity contribution in [3.63, 3.8) is 0 Å². The van der Waals surface area contributed by atoms with Gasteiger partial charge in [0, 0.05) is 44.1 Å². The van der Waals surface area contributed by atoms with Crippen molar-refractivity contribution in [1.29, 1.82) is 0 Å². The van der Waals surface area contributed by atoms with E-state index in [1.165, 1.54) is 18.3 Å². The Bertz CT molecular complexity index is 676. The van der Waals surface area contributed by atoms with Crippen LogP contribution in [0.3, 0.4) is 0 Å². The van der Waals surface area contributed by atoms with Gasteiger partial charge in [-0.1, -0.05) is 6.92 Å². The molecule has 0 aromatic carbocycles. The normalized spacial score (nSPS) is 23.3. The minimum atomic E-state index is -2.95. The molecule has 1 aromatic rings. The number of halogens is 1. The Morgan fingerprint density at radius 2 is 2.29 bits per heavy atom. The summed E-state index contributed by atoms with van der Waals surface area (Å²) in [6, 6.07) is 2.85. The average molecular weight is 358 g/mol. The number of likely N-dealkylation sites (tertiary alicyclic amines) is 1. The molecule has 0 unspecified atom stereocenters. The highest BCUT2D eigenvalue weighted by molar-refractivity contribution is 7.91. The highest BCUT2D eigenvalue weighted by Gasteiger charge is 2.53. The largest absolute Gasteiger partial charge is 0.475 e. The van der Waals surface area contributed by atoms with E-state index < -0.39 is 15.7 Å². The van der Waals surface area contributed by atoms with Crippen LogP contribution in [0.15, 0.2) is 18.3 Å². The zero-order chi connectivity index (χ0) is 17.2. The van der Waals surface area contributed by atoms with Gasteiger partial charge in [-0.3, -0.25) is 4.90 Å². The molecule has 0 amide bonds. The predicted molar refractivity (Wildman–Crippen MR) is 87.2 cm³/mol. The second-order valence-electron chi connectivity index (χ2n) is 6.45. The highest BCUT2D eigenvalue weighted by atomic mass is 32.2. The first-order valence-corrected chi connectivity index (χ1v) is 10.1. The van der Waals surface area contributed by atoms with Gasteiger partial charge in [-0.2, -0.15) is 0 Å². The van der Waals surface area contributed by atoms with Gasteiger partial charge < -0.3 is 9.47 Å². The summed E-state index contributed by atoms with van der Waals surface area (Å²) in [4.78, 5) is 5.99. The molecule has 3 rings (SSSR count). The van der Waals surface area contributed by atoms with Gasteiger partial charge in [0.05, 0.1) is 18.0 Å². The Morgan fingerprint density at radius 1 is 1.50 bits per heavy atom. The first-order chi connectivity index (χ1) is 11.4. The van der Waals surface area contributed by atoms with Crippen LogP contribution in [0.5, 0.6) is 5.88 Å². The minimum absolute atomic E-state index is 0.0183. The minimum Gasteiger partial charge on any atom is -0.475 e. The first-order valence-electron chi connectivity index (χ1n) is 8.24. The molecule has 134 valence electrons. The van der Waals surface area contributed by atoms with E-state index in [0.717, 1.165) is 6.42 Å². The van der Waals surface area contributed by atoms with Crippen LogP contribution >= 0.6 is 0 Å². The van der Waals surface area contributed by atoms with Gasteiger partial charge in [0.2, 0.25) is 5.88 Å². The lowest BCUT2D eigenvalue weighted by Gasteiger charge is -2.50. The van der Waals surface area contributed by atoms with Gasteiger partial charge in [0.15, 0.2) is 15.7 Å². The fraction of sp³-hybridized carbons (Fsp3) is 0.688. The van der Waals surface area contributed by atoms with E-state index in [9.17, 15) is 12.8 Å². The van der Waals surface area contributed by atoms with Gasteiger partial charge >= 0.3 is 0 Å². The molecule has 8 heteroatoms. The smallest absolute Gasteiger partial charge is 0.250 e. The van der Waals surface area contributed by atoms with E-state index >= 15 is 0 Å². The molecule has 2 saturated heterocycles. The second-order valence-corrected chi connectivity index (χ2v) is 8.92. The standard InChI is InChI=1S/C16H23FN2O4S/c1-2-24(20,21)9-7-19-11-16(12-19)13(5-8-23-16)10-22-15-14(17)4-3-6-18-15/h3-4,6,13H,2,5,7-12H2,1H3/t13-/m0/s1. The molecule has 6 nitrogen and oxygen atoms in total. The second kappa shape index (κ2) is 6.93. The molecule has 2 aliphatic rings. The van der Waals surface area contributed by atoms with Crippen molar-refractivity contribution in [3.05, 3.63) is 24.1 Å². The van der Waals surface area contributed by atoms with E-state index in [0.29, 0.717) is 32.8 Å². The lowest BCUT2D eigenvalue weighted by atomic mass is 9.81. The number of nitrogens with zero attached hydrogens (tertiary/aromatic N) is 2. The van der Waals surface area contributed by atoms with Crippen LogP contribution in [0.1, 0.15) is 13.3 Å². The molecule has 2 aliphatic heterocycles. The summed E-state index contributed by atoms with van der Waals surface area (Å²) < 4.78 is 48.2. The van der Waals surface area contributed by atoms with Crippen molar-refractivity contribution in [2.45, 2.75) is 18.9 Å². The predicted octanol–water partition coefficient (Wildman–Crippen LogP) is 1.13. The third kappa shape index (κ3) is 3.70. The van der Waals surface area contributed by atoms with Crippen molar-refractivity contribution in [3.8, 4) is 5.88 Å². The van der Waals surface area contributed by atoms with Crippen LogP contribution in [-0.4, -0.2) is 68.3 Å². The third-order valence-electron chi connectivity index (χ3n) is 4.89. The number of aromatic nitrogens is 1. The molecule has 0 radical (unpaired) electrons. The molecule has 24 heavy (non-hydrogen) atoms. The molecule has 0 bridgehead atoms. The van der Waals surface area contributed by atoms with Crippen LogP contribution in [0, 0.1) is 11.7 Å². The summed E-state index contributed by atoms with van der Waals surface area (Å²) in [6.45, 7) is 4.60. The summed E-state index contributed by atoms with van der Waals surface area (Å²) in [5.74, 6) is 0.0715. The van der Waals surface area contributed by atoms with Crippen molar-refractivity contribution in [1.82, 2.24) is 9.88 Å². The monoisotopic (exact) mass is 358 g/mol. The molecule has 1 spiro atoms. The van der Waals surface area contributed by atoms with Crippen molar-refractivity contribution < 1.29 is 22.3 Å². The zero-order valence-corrected chi connectivity index (χ0v) is 14.6. The van der Waals surface area contributed by atoms with Gasteiger partial charge in [-0.15, -0.1) is 0 Å². The summed E-state index contributed by atoms with van der Waals surface area (Å²) >= 11 is 0. The van der Waals surface area contributed by atoms with E-state index in [1.807, 2.05) is 0 Å². The molecule has 0 saturated carbocycles. The average Bonchev–Trinajstić information content (AvgIpc) is 2.95. The zero-order valence-electron chi connectivity index (χ0n) is 13.8. The van der Waals surface area contributed by atoms with Crippen LogP contribution in [0.2, 0.25) is 0 Å². The van der Waals surface area contributed by atoms with Gasteiger partial charge in [-0.05, 0) is 18.6 Å². The Balaban J connectivity index is 1.51. The Morgan fingerprint density at radius 3 is 3.00 bits per heavy atom. The number of hydrogen-bond acceptors (Lipinski definition) is 6. The van der Waals surface area contributed by atoms with Crippen molar-refractivity contribution >= 4 is 9.84 Å². The molecule has 3 heterocycles. The van der Waals surface area contributed by atoms with E-state index in [2.05, 4.69) is 9.88 Å². The summed E-state index contributed by atoms with van der Waals surface area (Å²) in [7, 11) is -2.95. The Labute approximate surface area is 141 Å². The molecule has 0 aliphatic carbocycles. The van der Waals surface area contributed by atoms with E-state index in [-0.39, 0.29) is 28.9 Å². The highest BCUT2D eigenvalue weighted by Crippen LogP contribution is 2.40. The Kier molecular flexibility index (Phi) is 5.08. The van der Waals surface area contributed by atoms with Crippen LogP contribution < -0.4 is 4.74 Å². The van der Waals surface area contributed by atoms with Crippen LogP contribution in [-0.2, 0) is 14.6 Å².